The standard InChI is InChI=1S/C18H24N4O/c1-5-14-6-7-15(19-9-14)10-22(4)11-16-8-17-12(2)20-13(3)21-18(17)23-16/h6-7,9,16H,5,8,10-11H2,1-4H3. The highest BCUT2D eigenvalue weighted by Crippen LogP contribution is 2.28. The third-order valence-electron chi connectivity index (χ3n) is 4.24. The first-order chi connectivity index (χ1) is 11.0. The molecule has 3 heterocycles. The van der Waals surface area contributed by atoms with Gasteiger partial charge in [-0.15, -0.1) is 0 Å². The van der Waals surface area contributed by atoms with Crippen molar-refractivity contribution in [2.24, 2.45) is 0 Å². The van der Waals surface area contributed by atoms with Gasteiger partial charge in [-0.2, -0.15) is 4.98 Å². The third-order valence-corrected chi connectivity index (χ3v) is 4.24. The van der Waals surface area contributed by atoms with E-state index in [1.165, 1.54) is 5.56 Å². The zero-order valence-corrected chi connectivity index (χ0v) is 14.3. The lowest BCUT2D eigenvalue weighted by atomic mass is 10.1. The molecule has 1 aliphatic rings. The Balaban J connectivity index is 1.59. The SMILES string of the molecule is CCc1ccc(CN(C)CC2Cc3c(C)nc(C)nc3O2)nc1. The Morgan fingerprint density at radius 2 is 2.09 bits per heavy atom. The Bertz CT molecular complexity index is 684. The highest BCUT2D eigenvalue weighted by atomic mass is 16.5. The van der Waals surface area contributed by atoms with Gasteiger partial charge < -0.3 is 4.74 Å². The number of likely N-dealkylation sites (N-methyl/N-ethyl adjacent to an activating group) is 1. The second-order valence-corrected chi connectivity index (χ2v) is 6.29. The fourth-order valence-electron chi connectivity index (χ4n) is 3.01. The molecule has 1 unspecified atom stereocenters. The predicted octanol–water partition coefficient (Wildman–Crippen LogP) is 2.49. The van der Waals surface area contributed by atoms with Gasteiger partial charge in [-0.1, -0.05) is 13.0 Å². The van der Waals surface area contributed by atoms with E-state index in [9.17, 15) is 0 Å². The van der Waals surface area contributed by atoms with Crippen molar-refractivity contribution in [1.29, 1.82) is 0 Å². The molecule has 122 valence electrons. The summed E-state index contributed by atoms with van der Waals surface area (Å²) in [5.74, 6) is 1.54. The molecule has 0 aliphatic carbocycles. The molecule has 1 atom stereocenters. The average molecular weight is 312 g/mol. The summed E-state index contributed by atoms with van der Waals surface area (Å²) in [4.78, 5) is 15.6. The maximum absolute atomic E-state index is 6.00. The number of aryl methyl sites for hydroxylation is 3. The second-order valence-electron chi connectivity index (χ2n) is 6.29. The molecule has 0 aromatic carbocycles. The molecule has 0 fully saturated rings. The Kier molecular flexibility index (Phi) is 4.57. The summed E-state index contributed by atoms with van der Waals surface area (Å²) in [5, 5.41) is 0. The maximum atomic E-state index is 6.00. The summed E-state index contributed by atoms with van der Waals surface area (Å²) in [7, 11) is 2.10. The highest BCUT2D eigenvalue weighted by molar-refractivity contribution is 5.34. The zero-order chi connectivity index (χ0) is 16.4. The number of rotatable bonds is 5. The summed E-state index contributed by atoms with van der Waals surface area (Å²) in [6, 6.07) is 4.26. The minimum absolute atomic E-state index is 0.139. The van der Waals surface area contributed by atoms with E-state index in [0.717, 1.165) is 54.6 Å². The Morgan fingerprint density at radius 3 is 2.78 bits per heavy atom. The van der Waals surface area contributed by atoms with E-state index in [2.05, 4.69) is 46.0 Å². The molecule has 5 heteroatoms. The lowest BCUT2D eigenvalue weighted by Crippen LogP contribution is -2.32. The second kappa shape index (κ2) is 6.62. The van der Waals surface area contributed by atoms with E-state index < -0.39 is 0 Å². The highest BCUT2D eigenvalue weighted by Gasteiger charge is 2.27. The quantitative estimate of drug-likeness (QED) is 0.849. The molecule has 0 amide bonds. The topological polar surface area (TPSA) is 51.1 Å². The molecule has 5 nitrogen and oxygen atoms in total. The van der Waals surface area contributed by atoms with Crippen molar-refractivity contribution < 1.29 is 4.74 Å². The average Bonchev–Trinajstić information content (AvgIpc) is 2.90. The molecule has 2 aromatic heterocycles. The summed E-state index contributed by atoms with van der Waals surface area (Å²) in [6.45, 7) is 7.75. The van der Waals surface area contributed by atoms with Crippen molar-refractivity contribution in [3.63, 3.8) is 0 Å². The fraction of sp³-hybridized carbons (Fsp3) is 0.500. The van der Waals surface area contributed by atoms with Crippen LogP contribution in [0, 0.1) is 13.8 Å². The van der Waals surface area contributed by atoms with Crippen LogP contribution >= 0.6 is 0 Å². The van der Waals surface area contributed by atoms with E-state index in [0.29, 0.717) is 0 Å². The molecule has 3 rings (SSSR count). The minimum Gasteiger partial charge on any atom is -0.472 e. The summed E-state index contributed by atoms with van der Waals surface area (Å²) in [5.41, 5.74) is 4.55. The van der Waals surface area contributed by atoms with Crippen molar-refractivity contribution in [3.05, 3.63) is 46.7 Å². The van der Waals surface area contributed by atoms with Crippen LogP contribution in [0.25, 0.3) is 0 Å². The molecule has 0 saturated carbocycles. The molecule has 1 aliphatic heterocycles. The predicted molar refractivity (Wildman–Crippen MR) is 89.6 cm³/mol. The van der Waals surface area contributed by atoms with Crippen LogP contribution in [0.15, 0.2) is 18.3 Å². The monoisotopic (exact) mass is 312 g/mol. The van der Waals surface area contributed by atoms with Crippen molar-refractivity contribution in [2.45, 2.75) is 46.3 Å². The minimum atomic E-state index is 0.139. The van der Waals surface area contributed by atoms with E-state index in [-0.39, 0.29) is 6.10 Å². The van der Waals surface area contributed by atoms with Gasteiger partial charge >= 0.3 is 0 Å². The number of fused-ring (bicyclic) bond motifs is 1. The van der Waals surface area contributed by atoms with Crippen LogP contribution in [-0.4, -0.2) is 39.5 Å². The third kappa shape index (κ3) is 3.67. The van der Waals surface area contributed by atoms with Crippen LogP contribution < -0.4 is 4.74 Å². The van der Waals surface area contributed by atoms with E-state index >= 15 is 0 Å². The summed E-state index contributed by atoms with van der Waals surface area (Å²) in [6.07, 6.45) is 4.01. The van der Waals surface area contributed by atoms with Crippen LogP contribution in [0.3, 0.4) is 0 Å². The van der Waals surface area contributed by atoms with Gasteiger partial charge in [0.25, 0.3) is 0 Å². The van der Waals surface area contributed by atoms with Gasteiger partial charge in [-0.3, -0.25) is 9.88 Å². The number of ether oxygens (including phenoxy) is 1. The maximum Gasteiger partial charge on any atom is 0.220 e. The van der Waals surface area contributed by atoms with Gasteiger partial charge in [-0.25, -0.2) is 4.98 Å². The van der Waals surface area contributed by atoms with Crippen LogP contribution in [0.5, 0.6) is 5.88 Å². The van der Waals surface area contributed by atoms with Crippen LogP contribution in [0.4, 0.5) is 0 Å². The first-order valence-corrected chi connectivity index (χ1v) is 8.18. The van der Waals surface area contributed by atoms with Gasteiger partial charge in [0.2, 0.25) is 5.88 Å². The Hall–Kier alpha value is -2.01. The summed E-state index contributed by atoms with van der Waals surface area (Å²) < 4.78 is 6.00. The molecule has 23 heavy (non-hydrogen) atoms. The number of nitrogens with zero attached hydrogens (tertiary/aromatic N) is 4. The first-order valence-electron chi connectivity index (χ1n) is 8.18. The van der Waals surface area contributed by atoms with Crippen LogP contribution in [0.1, 0.15) is 35.3 Å². The number of hydrogen-bond acceptors (Lipinski definition) is 5. The number of pyridine rings is 1. The molecule has 0 N–H and O–H groups in total. The smallest absolute Gasteiger partial charge is 0.220 e. The molecule has 0 radical (unpaired) electrons. The van der Waals surface area contributed by atoms with Crippen molar-refractivity contribution in [3.8, 4) is 5.88 Å². The van der Waals surface area contributed by atoms with Crippen LogP contribution in [-0.2, 0) is 19.4 Å². The molecular formula is C18H24N4O. The van der Waals surface area contributed by atoms with E-state index in [1.54, 1.807) is 0 Å². The van der Waals surface area contributed by atoms with Crippen molar-refractivity contribution in [1.82, 2.24) is 19.9 Å². The Labute approximate surface area is 137 Å². The normalized spacial score (nSPS) is 16.5. The van der Waals surface area contributed by atoms with Gasteiger partial charge in [0.15, 0.2) is 0 Å². The summed E-state index contributed by atoms with van der Waals surface area (Å²) >= 11 is 0. The van der Waals surface area contributed by atoms with Crippen molar-refractivity contribution >= 4 is 0 Å². The lowest BCUT2D eigenvalue weighted by Gasteiger charge is -2.20. The molecule has 0 bridgehead atoms. The van der Waals surface area contributed by atoms with Crippen LogP contribution in [0.2, 0.25) is 0 Å². The van der Waals surface area contributed by atoms with Gasteiger partial charge in [-0.05, 0) is 38.9 Å². The molecule has 0 spiro atoms. The molecule has 0 saturated heterocycles. The molecular weight excluding hydrogens is 288 g/mol. The van der Waals surface area contributed by atoms with Crippen molar-refractivity contribution in [2.75, 3.05) is 13.6 Å². The zero-order valence-electron chi connectivity index (χ0n) is 14.3. The van der Waals surface area contributed by atoms with Gasteiger partial charge in [0.05, 0.1) is 5.69 Å². The number of hydrogen-bond donors (Lipinski definition) is 0. The first kappa shape index (κ1) is 15.9. The fourth-order valence-corrected chi connectivity index (χ4v) is 3.01. The number of aromatic nitrogens is 3. The largest absolute Gasteiger partial charge is 0.472 e. The van der Waals surface area contributed by atoms with E-state index in [4.69, 9.17) is 4.74 Å². The van der Waals surface area contributed by atoms with Gasteiger partial charge in [0, 0.05) is 37.0 Å². The van der Waals surface area contributed by atoms with Gasteiger partial charge in [0.1, 0.15) is 11.9 Å². The van der Waals surface area contributed by atoms with E-state index in [1.807, 2.05) is 20.0 Å². The Morgan fingerprint density at radius 1 is 1.26 bits per heavy atom. The lowest BCUT2D eigenvalue weighted by molar-refractivity contribution is 0.160. The molecule has 2 aromatic rings.